The standard InChI is InChI=1S/C17H25N3/c1-3-16(18-4-2)11-8-13-20-14-12-19-17(20)15-9-6-5-7-10-15/h5-7,9-10,12,14,16,18H,3-4,8,11,13H2,1-2H3. The number of benzene rings is 1. The molecular weight excluding hydrogens is 246 g/mol. The van der Waals surface area contributed by atoms with E-state index in [1.54, 1.807) is 0 Å². The van der Waals surface area contributed by atoms with Crippen molar-refractivity contribution in [1.29, 1.82) is 0 Å². The molecule has 3 nitrogen and oxygen atoms in total. The van der Waals surface area contributed by atoms with Gasteiger partial charge in [-0.05, 0) is 25.8 Å². The van der Waals surface area contributed by atoms with E-state index in [1.165, 1.54) is 24.8 Å². The number of rotatable bonds is 8. The molecule has 108 valence electrons. The van der Waals surface area contributed by atoms with Crippen LogP contribution in [0.4, 0.5) is 0 Å². The van der Waals surface area contributed by atoms with E-state index in [0.717, 1.165) is 18.9 Å². The normalized spacial score (nSPS) is 12.5. The van der Waals surface area contributed by atoms with Gasteiger partial charge in [-0.1, -0.05) is 44.2 Å². The van der Waals surface area contributed by atoms with Crippen molar-refractivity contribution in [2.24, 2.45) is 0 Å². The Morgan fingerprint density at radius 3 is 2.70 bits per heavy atom. The van der Waals surface area contributed by atoms with Crippen LogP contribution in [0.3, 0.4) is 0 Å². The molecule has 0 aliphatic rings. The van der Waals surface area contributed by atoms with Crippen molar-refractivity contribution >= 4 is 0 Å². The Bertz CT molecular complexity index is 490. The van der Waals surface area contributed by atoms with Gasteiger partial charge in [0.25, 0.3) is 0 Å². The molecule has 20 heavy (non-hydrogen) atoms. The van der Waals surface area contributed by atoms with E-state index in [9.17, 15) is 0 Å². The summed E-state index contributed by atoms with van der Waals surface area (Å²) in [5, 5.41) is 3.53. The van der Waals surface area contributed by atoms with Crippen molar-refractivity contribution in [2.75, 3.05) is 6.54 Å². The van der Waals surface area contributed by atoms with Crippen LogP contribution in [-0.4, -0.2) is 22.1 Å². The molecule has 0 aliphatic heterocycles. The van der Waals surface area contributed by atoms with Crippen LogP contribution in [0.5, 0.6) is 0 Å². The van der Waals surface area contributed by atoms with Gasteiger partial charge in [0.05, 0.1) is 0 Å². The molecule has 1 aromatic heterocycles. The lowest BCUT2D eigenvalue weighted by molar-refractivity contribution is 0.449. The Kier molecular flexibility index (Phi) is 5.81. The smallest absolute Gasteiger partial charge is 0.139 e. The Hall–Kier alpha value is -1.61. The highest BCUT2D eigenvalue weighted by Crippen LogP contribution is 2.17. The molecule has 1 N–H and O–H groups in total. The van der Waals surface area contributed by atoms with Crippen LogP contribution >= 0.6 is 0 Å². The Morgan fingerprint density at radius 1 is 1.20 bits per heavy atom. The third-order valence-electron chi connectivity index (χ3n) is 3.68. The zero-order valence-electron chi connectivity index (χ0n) is 12.5. The zero-order chi connectivity index (χ0) is 14.2. The summed E-state index contributed by atoms with van der Waals surface area (Å²) in [6.45, 7) is 6.51. The summed E-state index contributed by atoms with van der Waals surface area (Å²) in [5.41, 5.74) is 1.19. The molecule has 0 saturated heterocycles. The third kappa shape index (κ3) is 3.94. The quantitative estimate of drug-likeness (QED) is 0.793. The zero-order valence-corrected chi connectivity index (χ0v) is 12.5. The average molecular weight is 271 g/mol. The molecule has 0 radical (unpaired) electrons. The summed E-state index contributed by atoms with van der Waals surface area (Å²) in [5.74, 6) is 1.07. The number of nitrogens with zero attached hydrogens (tertiary/aromatic N) is 2. The lowest BCUT2D eigenvalue weighted by Gasteiger charge is -2.16. The lowest BCUT2D eigenvalue weighted by atomic mass is 10.1. The minimum absolute atomic E-state index is 0.642. The number of aromatic nitrogens is 2. The average Bonchev–Trinajstić information content (AvgIpc) is 2.95. The molecule has 0 amide bonds. The SMILES string of the molecule is CCNC(CC)CCCn1ccnc1-c1ccccc1. The largest absolute Gasteiger partial charge is 0.331 e. The van der Waals surface area contributed by atoms with Gasteiger partial charge in [0.2, 0.25) is 0 Å². The number of nitrogens with one attached hydrogen (secondary N) is 1. The molecule has 1 aromatic carbocycles. The van der Waals surface area contributed by atoms with E-state index in [0.29, 0.717) is 6.04 Å². The molecule has 3 heteroatoms. The van der Waals surface area contributed by atoms with Crippen LogP contribution in [-0.2, 0) is 6.54 Å². The molecule has 2 rings (SSSR count). The molecular formula is C17H25N3. The molecule has 0 aliphatic carbocycles. The van der Waals surface area contributed by atoms with Gasteiger partial charge in [-0.2, -0.15) is 0 Å². The van der Waals surface area contributed by atoms with E-state index >= 15 is 0 Å². The fourth-order valence-electron chi connectivity index (χ4n) is 2.58. The van der Waals surface area contributed by atoms with Crippen LogP contribution in [0.1, 0.15) is 33.1 Å². The molecule has 0 fully saturated rings. The van der Waals surface area contributed by atoms with Crippen LogP contribution in [0.2, 0.25) is 0 Å². The van der Waals surface area contributed by atoms with Crippen LogP contribution < -0.4 is 5.32 Å². The summed E-state index contributed by atoms with van der Waals surface area (Å²) < 4.78 is 2.26. The third-order valence-corrected chi connectivity index (χ3v) is 3.68. The van der Waals surface area contributed by atoms with E-state index in [2.05, 4.69) is 59.2 Å². The first-order valence-corrected chi connectivity index (χ1v) is 7.65. The lowest BCUT2D eigenvalue weighted by Crippen LogP contribution is -2.28. The van der Waals surface area contributed by atoms with Gasteiger partial charge < -0.3 is 9.88 Å². The van der Waals surface area contributed by atoms with Gasteiger partial charge in [0.1, 0.15) is 5.82 Å². The van der Waals surface area contributed by atoms with Crippen LogP contribution in [0.25, 0.3) is 11.4 Å². The molecule has 0 spiro atoms. The van der Waals surface area contributed by atoms with Gasteiger partial charge in [0.15, 0.2) is 0 Å². The molecule has 1 unspecified atom stereocenters. The summed E-state index contributed by atoms with van der Waals surface area (Å²) in [4.78, 5) is 4.49. The summed E-state index contributed by atoms with van der Waals surface area (Å²) in [6, 6.07) is 11.0. The Morgan fingerprint density at radius 2 is 2.00 bits per heavy atom. The van der Waals surface area contributed by atoms with E-state index in [4.69, 9.17) is 0 Å². The summed E-state index contributed by atoms with van der Waals surface area (Å²) in [7, 11) is 0. The van der Waals surface area contributed by atoms with Crippen molar-refractivity contribution in [1.82, 2.24) is 14.9 Å². The minimum atomic E-state index is 0.642. The topological polar surface area (TPSA) is 29.9 Å². The second kappa shape index (κ2) is 7.85. The van der Waals surface area contributed by atoms with Crippen molar-refractivity contribution < 1.29 is 0 Å². The maximum atomic E-state index is 4.49. The van der Waals surface area contributed by atoms with Crippen molar-refractivity contribution in [3.8, 4) is 11.4 Å². The van der Waals surface area contributed by atoms with Crippen molar-refractivity contribution in [2.45, 2.75) is 45.7 Å². The van der Waals surface area contributed by atoms with Crippen molar-refractivity contribution in [3.63, 3.8) is 0 Å². The molecule has 1 atom stereocenters. The fourth-order valence-corrected chi connectivity index (χ4v) is 2.58. The highest BCUT2D eigenvalue weighted by atomic mass is 15.1. The van der Waals surface area contributed by atoms with Gasteiger partial charge in [-0.15, -0.1) is 0 Å². The molecule has 2 aromatic rings. The highest BCUT2D eigenvalue weighted by Gasteiger charge is 2.07. The van der Waals surface area contributed by atoms with Crippen molar-refractivity contribution in [3.05, 3.63) is 42.7 Å². The number of hydrogen-bond acceptors (Lipinski definition) is 2. The van der Waals surface area contributed by atoms with E-state index in [-0.39, 0.29) is 0 Å². The van der Waals surface area contributed by atoms with Gasteiger partial charge in [0, 0.05) is 30.5 Å². The Balaban J connectivity index is 1.93. The predicted octanol–water partition coefficient (Wildman–Crippen LogP) is 3.72. The van der Waals surface area contributed by atoms with Gasteiger partial charge >= 0.3 is 0 Å². The predicted molar refractivity (Wildman–Crippen MR) is 84.7 cm³/mol. The van der Waals surface area contributed by atoms with E-state index < -0.39 is 0 Å². The van der Waals surface area contributed by atoms with E-state index in [1.807, 2.05) is 12.3 Å². The number of hydrogen-bond donors (Lipinski definition) is 1. The number of imidazole rings is 1. The second-order valence-corrected chi connectivity index (χ2v) is 5.12. The van der Waals surface area contributed by atoms with Crippen LogP contribution in [0.15, 0.2) is 42.7 Å². The fraction of sp³-hybridized carbons (Fsp3) is 0.471. The molecule has 0 bridgehead atoms. The first kappa shape index (κ1) is 14.8. The maximum absolute atomic E-state index is 4.49. The monoisotopic (exact) mass is 271 g/mol. The summed E-state index contributed by atoms with van der Waals surface area (Å²) in [6.07, 6.45) is 7.57. The number of aryl methyl sites for hydroxylation is 1. The van der Waals surface area contributed by atoms with Crippen LogP contribution in [0, 0.1) is 0 Å². The maximum Gasteiger partial charge on any atom is 0.139 e. The Labute approximate surface area is 122 Å². The highest BCUT2D eigenvalue weighted by molar-refractivity contribution is 5.54. The van der Waals surface area contributed by atoms with Gasteiger partial charge in [-0.25, -0.2) is 4.98 Å². The first-order valence-electron chi connectivity index (χ1n) is 7.65. The van der Waals surface area contributed by atoms with Gasteiger partial charge in [-0.3, -0.25) is 0 Å². The minimum Gasteiger partial charge on any atom is -0.331 e. The molecule has 1 heterocycles. The first-order chi connectivity index (χ1) is 9.85. The summed E-state index contributed by atoms with van der Waals surface area (Å²) >= 11 is 0. The molecule has 0 saturated carbocycles. The second-order valence-electron chi connectivity index (χ2n) is 5.12.